The SMILES string of the molecule is CCOC(=O)Oc1nn(CCCCCCl)c(-c2ccc(Cl)s2)c1C. The Labute approximate surface area is 155 Å². The molecule has 0 radical (unpaired) electrons. The van der Waals surface area contributed by atoms with Gasteiger partial charge < -0.3 is 9.47 Å². The van der Waals surface area contributed by atoms with Crippen molar-refractivity contribution in [2.75, 3.05) is 12.5 Å². The first-order valence-corrected chi connectivity index (χ1v) is 9.53. The molecule has 2 aromatic rings. The summed E-state index contributed by atoms with van der Waals surface area (Å²) < 4.78 is 12.6. The van der Waals surface area contributed by atoms with Crippen LogP contribution in [0.15, 0.2) is 12.1 Å². The Balaban J connectivity index is 2.27. The lowest BCUT2D eigenvalue weighted by atomic mass is 10.2. The highest BCUT2D eigenvalue weighted by molar-refractivity contribution is 7.19. The first kappa shape index (κ1) is 19.1. The van der Waals surface area contributed by atoms with Crippen LogP contribution in [0.5, 0.6) is 5.88 Å². The Bertz CT molecular complexity index is 685. The van der Waals surface area contributed by atoms with E-state index in [-0.39, 0.29) is 12.5 Å². The van der Waals surface area contributed by atoms with Gasteiger partial charge in [0.1, 0.15) is 0 Å². The van der Waals surface area contributed by atoms with Crippen LogP contribution in [0.1, 0.15) is 31.7 Å². The van der Waals surface area contributed by atoms with Crippen molar-refractivity contribution in [3.05, 3.63) is 22.0 Å². The number of rotatable bonds is 8. The summed E-state index contributed by atoms with van der Waals surface area (Å²) in [7, 11) is 0. The molecule has 2 aromatic heterocycles. The van der Waals surface area contributed by atoms with Crippen LogP contribution in [0.4, 0.5) is 4.79 Å². The second-order valence-electron chi connectivity index (χ2n) is 5.14. The predicted molar refractivity (Wildman–Crippen MR) is 97.5 cm³/mol. The smallest absolute Gasteiger partial charge is 0.434 e. The molecule has 2 heterocycles. The number of carbonyl (C=O) groups is 1. The predicted octanol–water partition coefficient (Wildman–Crippen LogP) is 5.52. The van der Waals surface area contributed by atoms with E-state index in [1.54, 1.807) is 6.92 Å². The van der Waals surface area contributed by atoms with Crippen LogP contribution in [0, 0.1) is 6.92 Å². The Morgan fingerprint density at radius 1 is 1.33 bits per heavy atom. The Morgan fingerprint density at radius 2 is 2.12 bits per heavy atom. The number of hydrogen-bond acceptors (Lipinski definition) is 5. The third-order valence-electron chi connectivity index (χ3n) is 3.40. The number of ether oxygens (including phenoxy) is 2. The van der Waals surface area contributed by atoms with Gasteiger partial charge in [0, 0.05) is 18.0 Å². The number of unbranched alkanes of at least 4 members (excludes halogenated alkanes) is 2. The second-order valence-corrected chi connectivity index (χ2v) is 7.23. The minimum Gasteiger partial charge on any atom is -0.434 e. The van der Waals surface area contributed by atoms with Gasteiger partial charge in [0.25, 0.3) is 0 Å². The van der Waals surface area contributed by atoms with E-state index in [4.69, 9.17) is 32.7 Å². The molecule has 0 N–H and O–H groups in total. The average molecular weight is 391 g/mol. The number of halogens is 2. The first-order chi connectivity index (χ1) is 11.6. The number of thiophene rings is 1. The zero-order chi connectivity index (χ0) is 17.5. The third-order valence-corrected chi connectivity index (χ3v) is 4.90. The highest BCUT2D eigenvalue weighted by Crippen LogP contribution is 2.36. The zero-order valence-corrected chi connectivity index (χ0v) is 16.0. The number of aryl methyl sites for hydroxylation is 1. The third kappa shape index (κ3) is 4.88. The van der Waals surface area contributed by atoms with Crippen LogP contribution >= 0.6 is 34.5 Å². The van der Waals surface area contributed by atoms with E-state index in [9.17, 15) is 4.79 Å². The van der Waals surface area contributed by atoms with Gasteiger partial charge in [-0.05, 0) is 38.8 Å². The van der Waals surface area contributed by atoms with Crippen LogP contribution < -0.4 is 4.74 Å². The molecule has 0 aliphatic heterocycles. The maximum absolute atomic E-state index is 11.6. The van der Waals surface area contributed by atoms with Gasteiger partial charge in [0.2, 0.25) is 5.88 Å². The number of aromatic nitrogens is 2. The summed E-state index contributed by atoms with van der Waals surface area (Å²) in [5.74, 6) is 0.924. The monoisotopic (exact) mass is 390 g/mol. The van der Waals surface area contributed by atoms with E-state index in [1.807, 2.05) is 23.7 Å². The quantitative estimate of drug-likeness (QED) is 0.338. The van der Waals surface area contributed by atoms with E-state index >= 15 is 0 Å². The molecule has 24 heavy (non-hydrogen) atoms. The molecule has 0 bridgehead atoms. The summed E-state index contributed by atoms with van der Waals surface area (Å²) in [5.41, 5.74) is 1.70. The summed E-state index contributed by atoms with van der Waals surface area (Å²) in [6, 6.07) is 3.79. The standard InChI is InChI=1S/C16H20Cl2N2O3S/c1-3-22-16(21)23-15-11(2)14(12-7-8-13(18)24-12)20(19-15)10-6-4-5-9-17/h7-8H,3-6,9-10H2,1-2H3. The first-order valence-electron chi connectivity index (χ1n) is 7.80. The van der Waals surface area contributed by atoms with Crippen molar-refractivity contribution < 1.29 is 14.3 Å². The lowest BCUT2D eigenvalue weighted by molar-refractivity contribution is 0.102. The molecule has 5 nitrogen and oxygen atoms in total. The molecular weight excluding hydrogens is 371 g/mol. The molecule has 0 spiro atoms. The summed E-state index contributed by atoms with van der Waals surface area (Å²) in [6.07, 6.45) is 2.18. The molecule has 2 rings (SSSR count). The fraction of sp³-hybridized carbons (Fsp3) is 0.500. The molecule has 0 aliphatic rings. The van der Waals surface area contributed by atoms with Crippen molar-refractivity contribution in [3.8, 4) is 16.5 Å². The maximum Gasteiger partial charge on any atom is 0.515 e. The fourth-order valence-corrected chi connectivity index (χ4v) is 3.64. The molecule has 0 aliphatic carbocycles. The van der Waals surface area contributed by atoms with Gasteiger partial charge in [-0.15, -0.1) is 28.0 Å². The Kier molecular flexibility index (Phi) is 7.40. The van der Waals surface area contributed by atoms with Crippen LogP contribution in [-0.2, 0) is 11.3 Å². The van der Waals surface area contributed by atoms with Gasteiger partial charge in [0.05, 0.1) is 21.5 Å². The summed E-state index contributed by atoms with van der Waals surface area (Å²) in [6.45, 7) is 4.57. The van der Waals surface area contributed by atoms with Crippen molar-refractivity contribution in [1.82, 2.24) is 9.78 Å². The Hall–Kier alpha value is -1.24. The molecule has 0 atom stereocenters. The van der Waals surface area contributed by atoms with Gasteiger partial charge in [-0.1, -0.05) is 18.0 Å². The number of nitrogens with zero attached hydrogens (tertiary/aromatic N) is 2. The lowest BCUT2D eigenvalue weighted by Crippen LogP contribution is -2.11. The van der Waals surface area contributed by atoms with Gasteiger partial charge in [-0.3, -0.25) is 4.68 Å². The van der Waals surface area contributed by atoms with Gasteiger partial charge in [-0.2, -0.15) is 0 Å². The molecular formula is C16H20Cl2N2O3S. The summed E-state index contributed by atoms with van der Waals surface area (Å²) in [4.78, 5) is 12.6. The molecule has 8 heteroatoms. The highest BCUT2D eigenvalue weighted by Gasteiger charge is 2.21. The van der Waals surface area contributed by atoms with Gasteiger partial charge in [-0.25, -0.2) is 4.79 Å². The Morgan fingerprint density at radius 3 is 2.75 bits per heavy atom. The number of carbonyl (C=O) groups excluding carboxylic acids is 1. The van der Waals surface area contributed by atoms with Crippen LogP contribution in [-0.4, -0.2) is 28.4 Å². The highest BCUT2D eigenvalue weighted by atomic mass is 35.5. The van der Waals surface area contributed by atoms with Crippen molar-refractivity contribution >= 4 is 40.7 Å². The van der Waals surface area contributed by atoms with E-state index in [1.165, 1.54) is 11.3 Å². The minimum atomic E-state index is -0.747. The summed E-state index contributed by atoms with van der Waals surface area (Å²) >= 11 is 13.3. The molecule has 0 amide bonds. The van der Waals surface area contributed by atoms with Crippen molar-refractivity contribution in [1.29, 1.82) is 0 Å². The second kappa shape index (κ2) is 9.30. The van der Waals surface area contributed by atoms with Crippen molar-refractivity contribution in [2.24, 2.45) is 0 Å². The van der Waals surface area contributed by atoms with Gasteiger partial charge >= 0.3 is 6.16 Å². The minimum absolute atomic E-state index is 0.254. The number of hydrogen-bond donors (Lipinski definition) is 0. The molecule has 0 fully saturated rings. The van der Waals surface area contributed by atoms with Crippen LogP contribution in [0.3, 0.4) is 0 Å². The van der Waals surface area contributed by atoms with Crippen molar-refractivity contribution in [2.45, 2.75) is 39.7 Å². The maximum atomic E-state index is 11.6. The van der Waals surface area contributed by atoms with E-state index in [0.29, 0.717) is 10.2 Å². The average Bonchev–Trinajstić information content (AvgIpc) is 3.08. The molecule has 0 unspecified atom stereocenters. The molecule has 0 saturated heterocycles. The zero-order valence-electron chi connectivity index (χ0n) is 13.7. The van der Waals surface area contributed by atoms with Crippen LogP contribution in [0.25, 0.3) is 10.6 Å². The molecule has 0 saturated carbocycles. The fourth-order valence-electron chi connectivity index (χ4n) is 2.30. The lowest BCUT2D eigenvalue weighted by Gasteiger charge is -2.06. The normalized spacial score (nSPS) is 10.8. The van der Waals surface area contributed by atoms with E-state index < -0.39 is 6.16 Å². The van der Waals surface area contributed by atoms with E-state index in [0.717, 1.165) is 41.9 Å². The topological polar surface area (TPSA) is 53.4 Å². The molecule has 0 aromatic carbocycles. The van der Waals surface area contributed by atoms with Gasteiger partial charge in [0.15, 0.2) is 0 Å². The number of alkyl halides is 1. The largest absolute Gasteiger partial charge is 0.515 e. The van der Waals surface area contributed by atoms with Crippen molar-refractivity contribution in [3.63, 3.8) is 0 Å². The molecule has 132 valence electrons. The van der Waals surface area contributed by atoms with E-state index in [2.05, 4.69) is 5.10 Å². The van der Waals surface area contributed by atoms with Crippen LogP contribution in [0.2, 0.25) is 4.34 Å². The summed E-state index contributed by atoms with van der Waals surface area (Å²) in [5, 5.41) is 4.44.